The minimum absolute atomic E-state index is 0. The molecule has 0 fully saturated rings. The molecule has 0 N–H and O–H groups in total. The molecule has 8 heteroatoms. The maximum atomic E-state index is 10.7. The van der Waals surface area contributed by atoms with Crippen LogP contribution in [0.15, 0.2) is 211 Å². The van der Waals surface area contributed by atoms with Gasteiger partial charge in [-0.25, -0.2) is 4.98 Å². The third-order valence-electron chi connectivity index (χ3n) is 17.5. The van der Waals surface area contributed by atoms with E-state index < -0.39 is 188 Å². The van der Waals surface area contributed by atoms with Crippen LogP contribution in [-0.2, 0) is 48.1 Å². The maximum absolute atomic E-state index is 10.7. The molecule has 0 saturated heterocycles. The summed E-state index contributed by atoms with van der Waals surface area (Å²) in [6.45, 7) is -30.6. The summed E-state index contributed by atoms with van der Waals surface area (Å²) in [6.07, 6.45) is -14.6. The molecule has 0 atom stereocenters. The predicted octanol–water partition coefficient (Wildman–Crippen LogP) is 21.9. The topological polar surface area (TPSA) is 53.9 Å². The van der Waals surface area contributed by atoms with Gasteiger partial charge in [-0.05, 0) is 168 Å². The van der Waals surface area contributed by atoms with Crippen molar-refractivity contribution >= 4 is 76.6 Å². The molecule has 17 rings (SSSR count). The van der Waals surface area contributed by atoms with Gasteiger partial charge < -0.3 is 22.9 Å². The van der Waals surface area contributed by atoms with E-state index in [0.717, 1.165) is 61.0 Å². The molecule has 94 heavy (non-hydrogen) atoms. The van der Waals surface area contributed by atoms with Crippen molar-refractivity contribution in [2.45, 2.75) is 128 Å². The zero-order valence-electron chi connectivity index (χ0n) is 88.0. The molecule has 468 valence electrons. The quantitative estimate of drug-likeness (QED) is 0.113. The summed E-state index contributed by atoms with van der Waals surface area (Å²) in [5.41, 5.74) is -28.5. The van der Waals surface area contributed by atoms with Gasteiger partial charge in [-0.3, -0.25) is 4.57 Å². The van der Waals surface area contributed by atoms with Gasteiger partial charge in [-0.2, -0.15) is 12.1 Å². The standard InChI is InChI=1S/C86H75N5O2.Pt/c1-82(2,3)55-38-43-87-80(46-55)91-72-32-18-14-26-62(72)64-48-76(90-70-30-16-12-24-60(70)61-25-13-17-31-71(61)90)79(50-73(64)91)92-57-23-20-22-56(47-57)88-52-89(74-49-65-63-27-15-19-33-77(63)93-78(65)51-75(74)88)81-58(53-34-36-66-68(44-53)85(8,9)41-39-83(66,4)5)28-21-29-59(81)54-35-37-67-69(45-54)86(10,11)42-40-84(67,6)7;/h12-38,43-46,48-49,51H,39-42H2,1-11H3;/q-2;/i4D3,5D3,6D3,7D3,8D3,9D3,10D3,11D3,34D,35D,36D,37D,39D2,40D2,41D2,42D2,44D,45D;. The number of rotatable bonds is 8. The average Bonchev–Trinajstić information content (AvgIpc) is 0.800. The second-order valence-electron chi connectivity index (χ2n) is 24.5. The van der Waals surface area contributed by atoms with Crippen LogP contribution in [0.4, 0.5) is 0 Å². The van der Waals surface area contributed by atoms with E-state index in [-0.39, 0.29) is 71.3 Å². The fraction of sp³-hybridized carbons (Fsp3) is 0.233. The van der Waals surface area contributed by atoms with Crippen LogP contribution < -0.4 is 9.30 Å². The third kappa shape index (κ3) is 9.37. The zero-order chi connectivity index (χ0) is 96.1. The van der Waals surface area contributed by atoms with Gasteiger partial charge in [-0.15, -0.1) is 24.3 Å². The predicted molar refractivity (Wildman–Crippen MR) is 382 cm³/mol. The first-order chi connectivity index (χ1) is 60.3. The molecule has 10 aromatic carbocycles. The Bertz CT molecular complexity index is 7070. The van der Waals surface area contributed by atoms with Gasteiger partial charge in [0.15, 0.2) is 0 Å². The molecule has 0 saturated carbocycles. The number of imidazole rings is 1. The fourth-order valence-electron chi connectivity index (χ4n) is 13.0. The molecule has 5 aromatic heterocycles. The Morgan fingerprint density at radius 3 is 1.70 bits per heavy atom. The molecule has 2 aliphatic carbocycles. The largest absolute Gasteiger partial charge is 0.508 e. The van der Waals surface area contributed by atoms with E-state index in [1.165, 1.54) is 34.9 Å². The number of hydrogen-bond acceptors (Lipinski definition) is 3. The van der Waals surface area contributed by atoms with E-state index in [2.05, 4.69) is 39.2 Å². The van der Waals surface area contributed by atoms with Crippen molar-refractivity contribution in [1.29, 1.82) is 0 Å². The number of ether oxygens (including phenoxy) is 1. The number of pyridine rings is 1. The van der Waals surface area contributed by atoms with Crippen LogP contribution in [0.2, 0.25) is 0 Å². The molecular formula is C86H75N5O2Pt-2. The minimum atomic E-state index is -4.90. The Hall–Kier alpha value is -9.29. The van der Waals surface area contributed by atoms with Crippen LogP contribution in [0, 0.1) is 18.5 Å². The second-order valence-corrected chi connectivity index (χ2v) is 24.5. The smallest absolute Gasteiger partial charge is 0.268 e. The van der Waals surface area contributed by atoms with Crippen molar-refractivity contribution in [2.75, 3.05) is 0 Å². The number of nitrogens with zero attached hydrogens (tertiary/aromatic N) is 5. The van der Waals surface area contributed by atoms with E-state index in [1.807, 2.05) is 100 Å². The Morgan fingerprint density at radius 2 is 1.10 bits per heavy atom. The number of aromatic nitrogens is 5. The Balaban J connectivity index is 0.0000127. The zero-order valence-corrected chi connectivity index (χ0v) is 52.3. The molecule has 0 aliphatic heterocycles. The van der Waals surface area contributed by atoms with Crippen LogP contribution in [0.1, 0.15) is 181 Å². The van der Waals surface area contributed by atoms with Crippen molar-refractivity contribution in [2.24, 2.45) is 0 Å². The fourth-order valence-corrected chi connectivity index (χ4v) is 13.0. The van der Waals surface area contributed by atoms with Gasteiger partial charge in [0.05, 0.1) is 24.9 Å². The van der Waals surface area contributed by atoms with Crippen LogP contribution in [0.25, 0.3) is 122 Å². The normalized spacial score (nSPS) is 24.8. The number of para-hydroxylation sites is 5. The molecule has 2 aliphatic rings. The summed E-state index contributed by atoms with van der Waals surface area (Å²) in [5.74, 6) is 0.520. The number of fused-ring (bicyclic) bond motifs is 12. The number of benzene rings is 10. The summed E-state index contributed by atoms with van der Waals surface area (Å²) in [5, 5.41) is 3.79. The summed E-state index contributed by atoms with van der Waals surface area (Å²) in [4.78, 5) is 4.91. The van der Waals surface area contributed by atoms with Crippen molar-refractivity contribution in [3.8, 4) is 56.6 Å². The van der Waals surface area contributed by atoms with E-state index in [0.29, 0.717) is 27.8 Å². The van der Waals surface area contributed by atoms with Crippen LogP contribution in [0.5, 0.6) is 11.5 Å². The van der Waals surface area contributed by atoms with Crippen LogP contribution in [-0.4, -0.2) is 18.7 Å². The second kappa shape index (κ2) is 21.4. The van der Waals surface area contributed by atoms with E-state index >= 15 is 0 Å². The van der Waals surface area contributed by atoms with Crippen LogP contribution >= 0.6 is 0 Å². The van der Waals surface area contributed by atoms with E-state index in [9.17, 15) is 35.6 Å². The molecule has 7 nitrogen and oxygen atoms in total. The van der Waals surface area contributed by atoms with Crippen molar-refractivity contribution in [3.05, 3.63) is 253 Å². The molecule has 0 spiro atoms. The van der Waals surface area contributed by atoms with Gasteiger partial charge in [0.2, 0.25) is 0 Å². The molecule has 0 amide bonds. The first kappa shape index (κ1) is 31.3. The summed E-state index contributed by atoms with van der Waals surface area (Å²) >= 11 is 0. The Kier molecular flexibility index (Phi) is 7.11. The molecule has 15 aromatic rings. The van der Waals surface area contributed by atoms with Gasteiger partial charge in [0.25, 0.3) is 6.33 Å². The third-order valence-corrected chi connectivity index (χ3v) is 17.5. The van der Waals surface area contributed by atoms with Crippen molar-refractivity contribution in [3.63, 3.8) is 0 Å². The number of furan rings is 1. The monoisotopic (exact) mass is 1440 g/mol. The molecular weight excluding hydrogens is 1330 g/mol. The first-order valence-corrected chi connectivity index (χ1v) is 29.7. The van der Waals surface area contributed by atoms with Gasteiger partial charge in [0.1, 0.15) is 17.0 Å². The maximum Gasteiger partial charge on any atom is 0.268 e. The van der Waals surface area contributed by atoms with Crippen LogP contribution in [0.3, 0.4) is 0 Å². The van der Waals surface area contributed by atoms with Crippen molar-refractivity contribution in [1.82, 2.24) is 18.7 Å². The van der Waals surface area contributed by atoms with Gasteiger partial charge >= 0.3 is 0 Å². The molecule has 0 radical (unpaired) electrons. The minimum Gasteiger partial charge on any atom is -0.508 e. The molecule has 5 heterocycles. The van der Waals surface area contributed by atoms with Gasteiger partial charge in [-0.1, -0.05) is 214 Å². The summed E-state index contributed by atoms with van der Waals surface area (Å²) in [6, 6.07) is 41.9. The van der Waals surface area contributed by atoms with Gasteiger partial charge in [0, 0.05) is 121 Å². The molecule has 0 bridgehead atoms. The Labute approximate surface area is 617 Å². The number of hydrogen-bond donors (Lipinski definition) is 0. The summed E-state index contributed by atoms with van der Waals surface area (Å²) in [7, 11) is 0. The first-order valence-electron chi connectivity index (χ1n) is 48.7. The summed E-state index contributed by atoms with van der Waals surface area (Å²) < 4.78 is 380. The SMILES string of the molecule is [2H]c1c([2H])c2c(c([2H])c1-c1cccc(-c3c([2H])c([2H])c4c(c3[2H])C(C([2H])([2H])[2H])(C([2H])([2H])[2H])C([2H])([2H])C([2H])([2H])C4(C([2H])([2H])[2H])C([2H])([2H])[2H])c1-[n+]1[c-]n(-c3[c-]c(Oc4[c-]c5c(cc4-n4c6ccccc6c6ccccc64)c4ccccc4n5-c4cc(C(C)(C)C)ccn4)ccc3)c3cc4oc5ccccc5c4cc31)C(C([2H])([2H])[2H])(C([2H])([2H])[2H])C([2H])([2H])C([2H])([2H])C2(C([2H])([2H])[2H])C([2H])([2H])[2H].[Pt]. The van der Waals surface area contributed by atoms with E-state index in [1.54, 1.807) is 30.5 Å². The Morgan fingerprint density at radius 1 is 0.543 bits per heavy atom. The molecule has 0 unspecified atom stereocenters. The van der Waals surface area contributed by atoms with E-state index in [4.69, 9.17) is 30.6 Å². The van der Waals surface area contributed by atoms with Crippen molar-refractivity contribution < 1.29 is 86.9 Å². The average molecular weight is 1440 g/mol.